The van der Waals surface area contributed by atoms with Crippen LogP contribution in [0.4, 0.5) is 0 Å². The fraction of sp³-hybridized carbons (Fsp3) is 0.176. The molecular weight excluding hydrogens is 327 g/mol. The predicted octanol–water partition coefficient (Wildman–Crippen LogP) is 3.10. The van der Waals surface area contributed by atoms with Crippen LogP contribution in [-0.4, -0.2) is 31.7 Å². The molecule has 0 aliphatic heterocycles. The topological polar surface area (TPSA) is 77.0 Å². The molecule has 0 saturated carbocycles. The van der Waals surface area contributed by atoms with E-state index in [1.165, 1.54) is 13.8 Å². The Morgan fingerprint density at radius 2 is 1.67 bits per heavy atom. The van der Waals surface area contributed by atoms with Crippen molar-refractivity contribution in [3.05, 3.63) is 66.2 Å². The first kappa shape index (κ1) is 17.8. The number of amides is 1. The van der Waals surface area contributed by atoms with Crippen molar-refractivity contribution in [1.29, 1.82) is 0 Å². The van der Waals surface area contributed by atoms with Crippen LogP contribution in [-0.2, 0) is 14.2 Å². The third kappa shape index (κ3) is 5.25. The highest BCUT2D eigenvalue weighted by molar-refractivity contribution is 7.58. The summed E-state index contributed by atoms with van der Waals surface area (Å²) in [6.45, 7) is 1.47. The first-order valence-corrected chi connectivity index (χ1v) is 9.53. The van der Waals surface area contributed by atoms with Gasteiger partial charge in [0.15, 0.2) is 5.71 Å². The fourth-order valence-corrected chi connectivity index (χ4v) is 3.01. The number of nitrogens with zero attached hydrogens (tertiary/aromatic N) is 1. The highest BCUT2D eigenvalue weighted by Crippen LogP contribution is 2.41. The van der Waals surface area contributed by atoms with Crippen LogP contribution < -0.4 is 9.84 Å². The van der Waals surface area contributed by atoms with Crippen molar-refractivity contribution < 1.29 is 18.7 Å². The molecule has 0 aliphatic carbocycles. The maximum Gasteiger partial charge on any atom is 0.274 e. The zero-order valence-electron chi connectivity index (χ0n) is 13.5. The summed E-state index contributed by atoms with van der Waals surface area (Å²) in [7, 11) is -1.69. The molecule has 0 aliphatic rings. The Labute approximate surface area is 140 Å². The van der Waals surface area contributed by atoms with Crippen LogP contribution in [0.3, 0.4) is 0 Å². The van der Waals surface area contributed by atoms with E-state index in [9.17, 15) is 9.36 Å². The number of nitrogens with one attached hydrogen (secondary N) is 1. The molecule has 7 heteroatoms. The van der Waals surface area contributed by atoms with E-state index in [0.717, 1.165) is 0 Å². The molecule has 0 aromatic heterocycles. The smallest absolute Gasteiger partial charge is 0.274 e. The molecule has 2 aromatic rings. The van der Waals surface area contributed by atoms with Crippen molar-refractivity contribution in [3.63, 3.8) is 0 Å². The van der Waals surface area contributed by atoms with Crippen molar-refractivity contribution in [2.24, 2.45) is 5.16 Å². The van der Waals surface area contributed by atoms with Crippen molar-refractivity contribution in [2.75, 3.05) is 20.1 Å². The molecule has 1 unspecified atom stereocenters. The van der Waals surface area contributed by atoms with E-state index < -0.39 is 13.3 Å². The molecule has 2 aromatic carbocycles. The van der Waals surface area contributed by atoms with E-state index in [1.54, 1.807) is 48.5 Å². The number of rotatable bonds is 7. The Bertz CT molecular complexity index is 748. The van der Waals surface area contributed by atoms with Crippen molar-refractivity contribution >= 4 is 19.0 Å². The predicted molar refractivity (Wildman–Crippen MR) is 93.6 cm³/mol. The Balaban J connectivity index is 2.02. The molecule has 0 heterocycles. The summed E-state index contributed by atoms with van der Waals surface area (Å²) in [6, 6.07) is 17.7. The lowest BCUT2D eigenvalue weighted by atomic mass is 10.1. The van der Waals surface area contributed by atoms with E-state index in [2.05, 4.69) is 10.5 Å². The minimum absolute atomic E-state index is 0.109. The average Bonchev–Trinajstić information content (AvgIpc) is 2.59. The van der Waals surface area contributed by atoms with Crippen molar-refractivity contribution in [2.45, 2.75) is 0 Å². The van der Waals surface area contributed by atoms with Gasteiger partial charge in [0.1, 0.15) is 19.1 Å². The molecule has 0 radical (unpaired) electrons. The monoisotopic (exact) mass is 346 g/mol. The van der Waals surface area contributed by atoms with E-state index in [-0.39, 0.29) is 12.0 Å². The molecule has 0 saturated heterocycles. The molecule has 0 bridgehead atoms. The number of carbonyl (C=O) groups excluding carboxylic acids is 1. The van der Waals surface area contributed by atoms with Crippen molar-refractivity contribution in [1.82, 2.24) is 5.32 Å². The summed E-state index contributed by atoms with van der Waals surface area (Å²) < 4.78 is 18.0. The summed E-state index contributed by atoms with van der Waals surface area (Å²) in [5, 5.41) is 6.34. The maximum atomic E-state index is 12.5. The lowest BCUT2D eigenvalue weighted by Gasteiger charge is -2.16. The minimum Gasteiger partial charge on any atom is -0.442 e. The lowest BCUT2D eigenvalue weighted by Crippen LogP contribution is -2.33. The molecule has 2 rings (SSSR count). The average molecular weight is 346 g/mol. The summed E-state index contributed by atoms with van der Waals surface area (Å²) in [5.74, 6) is 0.00760. The highest BCUT2D eigenvalue weighted by Gasteiger charge is 2.22. The lowest BCUT2D eigenvalue weighted by molar-refractivity contribution is -0.114. The van der Waals surface area contributed by atoms with Gasteiger partial charge in [0.2, 0.25) is 0 Å². The third-order valence-corrected chi connectivity index (χ3v) is 4.34. The Morgan fingerprint density at radius 1 is 1.08 bits per heavy atom. The first-order chi connectivity index (χ1) is 11.5. The number of carbonyl (C=O) groups is 1. The zero-order chi connectivity index (χ0) is 17.4. The van der Waals surface area contributed by atoms with Crippen LogP contribution in [0.5, 0.6) is 5.75 Å². The normalized spacial score (nSPS) is 13.7. The van der Waals surface area contributed by atoms with Gasteiger partial charge >= 0.3 is 0 Å². The molecule has 1 atom stereocenters. The third-order valence-electron chi connectivity index (χ3n) is 3.01. The number of hydrogen-bond donors (Lipinski definition) is 1. The molecule has 0 spiro atoms. The summed E-state index contributed by atoms with van der Waals surface area (Å²) in [6.07, 6.45) is -0.115. The van der Waals surface area contributed by atoms with Gasteiger partial charge < -0.3 is 14.7 Å². The zero-order valence-corrected chi connectivity index (χ0v) is 14.4. The van der Waals surface area contributed by atoms with Gasteiger partial charge in [0.25, 0.3) is 13.3 Å². The van der Waals surface area contributed by atoms with Gasteiger partial charge in [-0.05, 0) is 12.1 Å². The second kappa shape index (κ2) is 8.31. The van der Waals surface area contributed by atoms with Gasteiger partial charge in [-0.25, -0.2) is 0 Å². The van der Waals surface area contributed by atoms with Crippen LogP contribution in [0.2, 0.25) is 0 Å². The number of para-hydroxylation sites is 1. The molecule has 0 fully saturated rings. The SMILES string of the molecule is CO/N=C(\C(=O)NCP(C)(=O)Oc1ccccc1)c1ccccc1. The molecule has 6 nitrogen and oxygen atoms in total. The van der Waals surface area contributed by atoms with Crippen LogP contribution in [0.15, 0.2) is 65.8 Å². The quantitative estimate of drug-likeness (QED) is 0.475. The summed E-state index contributed by atoms with van der Waals surface area (Å²) in [4.78, 5) is 17.1. The van der Waals surface area contributed by atoms with Gasteiger partial charge in [-0.3, -0.25) is 9.36 Å². The summed E-state index contributed by atoms with van der Waals surface area (Å²) >= 11 is 0. The second-order valence-electron chi connectivity index (χ2n) is 5.07. The van der Waals surface area contributed by atoms with Gasteiger partial charge in [-0.2, -0.15) is 0 Å². The van der Waals surface area contributed by atoms with Crippen LogP contribution in [0.25, 0.3) is 0 Å². The van der Waals surface area contributed by atoms with Gasteiger partial charge in [0.05, 0.1) is 0 Å². The standard InChI is InChI=1S/C17H19N2O4P/c1-22-19-16(14-9-5-3-6-10-14)17(20)18-13-24(2,21)23-15-11-7-4-8-12-15/h3-12H,13H2,1-2H3,(H,18,20)/b19-16-. The number of hydrogen-bond acceptors (Lipinski definition) is 5. The molecular formula is C17H19N2O4P. The number of oxime groups is 1. The van der Waals surface area contributed by atoms with Crippen LogP contribution in [0, 0.1) is 0 Å². The Hall–Kier alpha value is -2.59. The van der Waals surface area contributed by atoms with Crippen molar-refractivity contribution in [3.8, 4) is 5.75 Å². The minimum atomic E-state index is -3.05. The molecule has 1 amide bonds. The Morgan fingerprint density at radius 3 is 2.25 bits per heavy atom. The Kier molecular flexibility index (Phi) is 6.15. The van der Waals surface area contributed by atoms with E-state index in [0.29, 0.717) is 11.3 Å². The maximum absolute atomic E-state index is 12.5. The van der Waals surface area contributed by atoms with Gasteiger partial charge in [-0.15, -0.1) is 0 Å². The fourth-order valence-electron chi connectivity index (χ4n) is 1.95. The first-order valence-electron chi connectivity index (χ1n) is 7.28. The van der Waals surface area contributed by atoms with E-state index in [1.807, 2.05) is 12.1 Å². The van der Waals surface area contributed by atoms with E-state index in [4.69, 9.17) is 9.36 Å². The van der Waals surface area contributed by atoms with Gasteiger partial charge in [0, 0.05) is 12.2 Å². The van der Waals surface area contributed by atoms with Gasteiger partial charge in [-0.1, -0.05) is 53.7 Å². The molecule has 126 valence electrons. The van der Waals surface area contributed by atoms with Crippen LogP contribution in [0.1, 0.15) is 5.56 Å². The summed E-state index contributed by atoms with van der Waals surface area (Å²) in [5.41, 5.74) is 0.713. The largest absolute Gasteiger partial charge is 0.442 e. The molecule has 1 N–H and O–H groups in total. The van der Waals surface area contributed by atoms with Crippen LogP contribution >= 0.6 is 7.37 Å². The van der Waals surface area contributed by atoms with E-state index >= 15 is 0 Å². The highest BCUT2D eigenvalue weighted by atomic mass is 31.2. The molecule has 24 heavy (non-hydrogen) atoms. The number of benzene rings is 2. The second-order valence-corrected chi connectivity index (χ2v) is 7.60.